The van der Waals surface area contributed by atoms with E-state index in [0.29, 0.717) is 11.1 Å². The van der Waals surface area contributed by atoms with Crippen molar-refractivity contribution in [2.24, 2.45) is 5.92 Å². The Morgan fingerprint density at radius 1 is 0.929 bits per heavy atom. The van der Waals surface area contributed by atoms with Crippen LogP contribution in [-0.4, -0.2) is 63.1 Å². The molecule has 4 rings (SSSR count). The number of rotatable bonds is 9. The molecule has 8 nitrogen and oxygen atoms in total. The predicted octanol–water partition coefficient (Wildman–Crippen LogP) is 4.25. The van der Waals surface area contributed by atoms with Crippen molar-refractivity contribution in [3.8, 4) is 0 Å². The van der Waals surface area contributed by atoms with Crippen molar-refractivity contribution >= 4 is 29.2 Å². The number of halogens is 3. The first kappa shape index (κ1) is 30.2. The first-order valence-electron chi connectivity index (χ1n) is 13.2. The molecule has 0 bridgehead atoms. The second-order valence-electron chi connectivity index (χ2n) is 10.1. The fourth-order valence-electron chi connectivity index (χ4n) is 4.73. The van der Waals surface area contributed by atoms with E-state index >= 15 is 0 Å². The molecule has 0 radical (unpaired) electrons. The van der Waals surface area contributed by atoms with Crippen molar-refractivity contribution < 1.29 is 32.3 Å². The summed E-state index contributed by atoms with van der Waals surface area (Å²) in [4.78, 5) is 59.4. The number of amides is 3. The summed E-state index contributed by atoms with van der Waals surface area (Å²) in [6.45, 7) is 2.79. The van der Waals surface area contributed by atoms with Gasteiger partial charge in [-0.05, 0) is 29.2 Å². The molecule has 218 valence electrons. The zero-order valence-electron chi connectivity index (χ0n) is 22.9. The predicted molar refractivity (Wildman–Crippen MR) is 148 cm³/mol. The summed E-state index contributed by atoms with van der Waals surface area (Å²) in [5.41, 5.74) is 1.22. The zero-order chi connectivity index (χ0) is 30.4. The van der Waals surface area contributed by atoms with Crippen molar-refractivity contribution in [3.63, 3.8) is 0 Å². The number of hydrogen-bond acceptors (Lipinski definition) is 5. The van der Waals surface area contributed by atoms with Gasteiger partial charge in [0.05, 0.1) is 5.70 Å². The molecule has 2 atom stereocenters. The maximum atomic E-state index is 13.9. The number of ketones is 1. The van der Waals surface area contributed by atoms with Gasteiger partial charge in [-0.15, -0.1) is 0 Å². The summed E-state index contributed by atoms with van der Waals surface area (Å²) >= 11 is 0. The number of Topliss-reactive ketones (excluding diaryl/α,β-unsaturated/α-hetero) is 1. The quantitative estimate of drug-likeness (QED) is 0.410. The third-order valence-electron chi connectivity index (χ3n) is 6.71. The van der Waals surface area contributed by atoms with Gasteiger partial charge in [-0.3, -0.25) is 34.0 Å². The molecule has 2 aromatic carbocycles. The number of carbonyl (C=O) groups is 4. The Kier molecular flexibility index (Phi) is 9.19. The second kappa shape index (κ2) is 12.8. The Balaban J connectivity index is 1.69. The SMILES string of the molecule is CC(C)[C@H]1C(=O)N(CC(=O)N[C@@H](Cc2ccccc2)C(=O)C(F)(F)F)C(c2ccccc2)=CN1C(=O)c1ccccn1. The van der Waals surface area contributed by atoms with E-state index < -0.39 is 54.2 Å². The van der Waals surface area contributed by atoms with Crippen molar-refractivity contribution in [2.75, 3.05) is 6.54 Å². The fourth-order valence-corrected chi connectivity index (χ4v) is 4.73. The molecule has 3 aromatic rings. The second-order valence-corrected chi connectivity index (χ2v) is 10.1. The average Bonchev–Trinajstić information content (AvgIpc) is 2.97. The number of carbonyl (C=O) groups excluding carboxylic acids is 4. The highest BCUT2D eigenvalue weighted by molar-refractivity contribution is 6.03. The van der Waals surface area contributed by atoms with Crippen LogP contribution in [0.4, 0.5) is 13.2 Å². The number of nitrogens with zero attached hydrogens (tertiary/aromatic N) is 3. The molecule has 0 spiro atoms. The fraction of sp³-hybridized carbons (Fsp3) is 0.258. The van der Waals surface area contributed by atoms with Gasteiger partial charge in [0.2, 0.25) is 5.91 Å². The molecular formula is C31H29F3N4O4. The molecule has 0 fully saturated rings. The number of hydrogen-bond donors (Lipinski definition) is 1. The first-order valence-corrected chi connectivity index (χ1v) is 13.2. The minimum absolute atomic E-state index is 0.111. The lowest BCUT2D eigenvalue weighted by Crippen LogP contribution is -2.57. The van der Waals surface area contributed by atoms with Crippen LogP contribution >= 0.6 is 0 Å². The lowest BCUT2D eigenvalue weighted by atomic mass is 9.96. The molecule has 1 aliphatic rings. The molecule has 0 saturated carbocycles. The van der Waals surface area contributed by atoms with Gasteiger partial charge in [-0.1, -0.05) is 80.6 Å². The molecular weight excluding hydrogens is 549 g/mol. The van der Waals surface area contributed by atoms with Gasteiger partial charge >= 0.3 is 6.18 Å². The van der Waals surface area contributed by atoms with Crippen LogP contribution in [0.1, 0.15) is 35.5 Å². The maximum absolute atomic E-state index is 13.9. The topological polar surface area (TPSA) is 99.7 Å². The summed E-state index contributed by atoms with van der Waals surface area (Å²) in [5.74, 6) is -4.60. The smallest absolute Gasteiger partial charge is 0.344 e. The summed E-state index contributed by atoms with van der Waals surface area (Å²) in [6.07, 6.45) is -2.66. The molecule has 0 aliphatic carbocycles. The van der Waals surface area contributed by atoms with Gasteiger partial charge in [-0.25, -0.2) is 0 Å². The van der Waals surface area contributed by atoms with Gasteiger partial charge in [0.1, 0.15) is 24.3 Å². The van der Waals surface area contributed by atoms with E-state index in [4.69, 9.17) is 0 Å². The van der Waals surface area contributed by atoms with E-state index in [1.165, 1.54) is 23.4 Å². The molecule has 42 heavy (non-hydrogen) atoms. The van der Waals surface area contributed by atoms with E-state index in [-0.39, 0.29) is 17.8 Å². The molecule has 11 heteroatoms. The monoisotopic (exact) mass is 578 g/mol. The Morgan fingerprint density at radius 3 is 2.12 bits per heavy atom. The third kappa shape index (κ3) is 6.91. The number of benzene rings is 2. The van der Waals surface area contributed by atoms with Gasteiger partial charge in [0.15, 0.2) is 0 Å². The molecule has 2 heterocycles. The Hall–Kier alpha value is -4.80. The Morgan fingerprint density at radius 2 is 1.55 bits per heavy atom. The molecule has 1 aromatic heterocycles. The summed E-state index contributed by atoms with van der Waals surface area (Å²) < 4.78 is 40.3. The van der Waals surface area contributed by atoms with E-state index in [9.17, 15) is 32.3 Å². The lowest BCUT2D eigenvalue weighted by molar-refractivity contribution is -0.173. The van der Waals surface area contributed by atoms with Crippen molar-refractivity contribution in [1.82, 2.24) is 20.1 Å². The largest absolute Gasteiger partial charge is 0.452 e. The van der Waals surface area contributed by atoms with Crippen LogP contribution in [0.3, 0.4) is 0 Å². The van der Waals surface area contributed by atoms with Gasteiger partial charge < -0.3 is 5.32 Å². The van der Waals surface area contributed by atoms with Crippen LogP contribution in [0.25, 0.3) is 5.70 Å². The van der Waals surface area contributed by atoms with Crippen LogP contribution in [0, 0.1) is 5.92 Å². The highest BCUT2D eigenvalue weighted by atomic mass is 19.4. The van der Waals surface area contributed by atoms with Crippen molar-refractivity contribution in [2.45, 2.75) is 38.5 Å². The summed E-state index contributed by atoms with van der Waals surface area (Å²) in [7, 11) is 0. The highest BCUT2D eigenvalue weighted by Gasteiger charge is 2.45. The van der Waals surface area contributed by atoms with Crippen LogP contribution in [0.15, 0.2) is 91.3 Å². The van der Waals surface area contributed by atoms with E-state index in [2.05, 4.69) is 10.3 Å². The number of nitrogens with one attached hydrogen (secondary N) is 1. The minimum Gasteiger partial charge on any atom is -0.344 e. The van der Waals surface area contributed by atoms with Crippen molar-refractivity contribution in [3.05, 3.63) is 108 Å². The van der Waals surface area contributed by atoms with Crippen molar-refractivity contribution in [1.29, 1.82) is 0 Å². The highest BCUT2D eigenvalue weighted by Crippen LogP contribution is 2.31. The normalized spacial score (nSPS) is 16.2. The van der Waals surface area contributed by atoms with Crippen LogP contribution < -0.4 is 5.32 Å². The third-order valence-corrected chi connectivity index (χ3v) is 6.71. The van der Waals surface area contributed by atoms with Gasteiger partial charge in [-0.2, -0.15) is 13.2 Å². The summed E-state index contributed by atoms with van der Waals surface area (Å²) in [5, 5.41) is 2.20. The van der Waals surface area contributed by atoms with Crippen LogP contribution in [-0.2, 0) is 20.8 Å². The minimum atomic E-state index is -5.18. The molecule has 1 N–H and O–H groups in total. The van der Waals surface area contributed by atoms with Crippen LogP contribution in [0.2, 0.25) is 0 Å². The molecule has 3 amide bonds. The van der Waals surface area contributed by atoms with Crippen LogP contribution in [0.5, 0.6) is 0 Å². The molecule has 0 unspecified atom stereocenters. The Labute approximate surface area is 240 Å². The van der Waals surface area contributed by atoms with E-state index in [0.717, 1.165) is 4.90 Å². The van der Waals surface area contributed by atoms with E-state index in [1.807, 2.05) is 0 Å². The Bertz CT molecular complexity index is 1460. The molecule has 1 aliphatic heterocycles. The maximum Gasteiger partial charge on any atom is 0.452 e. The average molecular weight is 579 g/mol. The first-order chi connectivity index (χ1) is 20.0. The molecule has 0 saturated heterocycles. The number of alkyl halides is 3. The lowest BCUT2D eigenvalue weighted by Gasteiger charge is -2.41. The van der Waals surface area contributed by atoms with E-state index in [1.54, 1.807) is 86.6 Å². The number of pyridine rings is 1. The standard InChI is InChI=1S/C31H29F3N4O4/c1-20(2)27-30(42)37(19-26(39)36-24(28(40)31(32,33)34)17-21-11-5-3-6-12-21)25(22-13-7-4-8-14-22)18-38(27)29(41)23-15-9-10-16-35-23/h3-16,18,20,24,27H,17,19H2,1-2H3,(H,36,39)/t24-,27-/m0/s1. The van der Waals surface area contributed by atoms with Gasteiger partial charge in [0, 0.05) is 18.8 Å². The number of aromatic nitrogens is 1. The summed E-state index contributed by atoms with van der Waals surface area (Å²) in [6, 6.07) is 18.4. The van der Waals surface area contributed by atoms with Gasteiger partial charge in [0.25, 0.3) is 17.6 Å². The zero-order valence-corrected chi connectivity index (χ0v) is 22.9.